The molecule has 1 aliphatic heterocycles. The molecular formula is C15H21N5O2. The van der Waals surface area contributed by atoms with Gasteiger partial charge in [-0.05, 0) is 46.1 Å². The average molecular weight is 303 g/mol. The monoisotopic (exact) mass is 303 g/mol. The van der Waals surface area contributed by atoms with Crippen LogP contribution in [-0.2, 0) is 0 Å². The Labute approximate surface area is 129 Å². The van der Waals surface area contributed by atoms with Crippen LogP contribution in [0.4, 0.5) is 0 Å². The molecule has 0 aliphatic carbocycles. The van der Waals surface area contributed by atoms with Gasteiger partial charge >= 0.3 is 0 Å². The van der Waals surface area contributed by atoms with Crippen molar-refractivity contribution in [2.24, 2.45) is 0 Å². The summed E-state index contributed by atoms with van der Waals surface area (Å²) in [6.45, 7) is 6.25. The predicted molar refractivity (Wildman–Crippen MR) is 80.6 cm³/mol. The Hall–Kier alpha value is -2.02. The summed E-state index contributed by atoms with van der Waals surface area (Å²) in [4.78, 5) is 23.1. The molecule has 22 heavy (non-hydrogen) atoms. The number of fused-ring (bicyclic) bond motifs is 1. The van der Waals surface area contributed by atoms with E-state index in [2.05, 4.69) is 15.1 Å². The lowest BCUT2D eigenvalue weighted by atomic mass is 10.1. The first-order valence-corrected chi connectivity index (χ1v) is 7.66. The Morgan fingerprint density at radius 2 is 2.23 bits per heavy atom. The lowest BCUT2D eigenvalue weighted by molar-refractivity contribution is 0.0670. The molecule has 2 unspecified atom stereocenters. The molecule has 7 heteroatoms. The van der Waals surface area contributed by atoms with Gasteiger partial charge in [-0.2, -0.15) is 4.98 Å². The molecule has 3 heterocycles. The second kappa shape index (κ2) is 5.64. The van der Waals surface area contributed by atoms with Gasteiger partial charge in [-0.25, -0.2) is 9.50 Å². The smallest absolute Gasteiger partial charge is 0.293 e. The minimum Gasteiger partial charge on any atom is -0.393 e. The van der Waals surface area contributed by atoms with Crippen molar-refractivity contribution in [3.05, 3.63) is 23.3 Å². The first-order chi connectivity index (χ1) is 10.5. The lowest BCUT2D eigenvalue weighted by Gasteiger charge is -2.24. The van der Waals surface area contributed by atoms with Gasteiger partial charge in [0.2, 0.25) is 5.82 Å². The molecule has 1 aliphatic rings. The quantitative estimate of drug-likeness (QED) is 0.918. The molecule has 0 aromatic carbocycles. The van der Waals surface area contributed by atoms with Crippen LogP contribution in [-0.4, -0.2) is 54.2 Å². The number of rotatable bonds is 3. The number of aliphatic hydroxyl groups is 1. The van der Waals surface area contributed by atoms with Crippen LogP contribution in [0.3, 0.4) is 0 Å². The molecule has 1 N–H and O–H groups in total. The standard InChI is InChI=1S/C15H21N5O2/c1-9-7-10(2)20-15(16-9)17-13(18-20)14(22)19-6-4-5-12(19)8-11(3)21/h7,11-12,21H,4-6,8H2,1-3H3. The molecular weight excluding hydrogens is 282 g/mol. The van der Waals surface area contributed by atoms with Crippen molar-refractivity contribution in [3.8, 4) is 0 Å². The van der Waals surface area contributed by atoms with E-state index in [0.717, 1.165) is 24.2 Å². The molecule has 2 aromatic rings. The van der Waals surface area contributed by atoms with E-state index in [4.69, 9.17) is 0 Å². The Morgan fingerprint density at radius 3 is 2.95 bits per heavy atom. The van der Waals surface area contributed by atoms with Crippen molar-refractivity contribution in [2.45, 2.75) is 52.2 Å². The second-order valence-corrected chi connectivity index (χ2v) is 6.07. The van der Waals surface area contributed by atoms with Crippen molar-refractivity contribution in [1.82, 2.24) is 24.5 Å². The number of amides is 1. The van der Waals surface area contributed by atoms with Crippen molar-refractivity contribution in [2.75, 3.05) is 6.54 Å². The highest BCUT2D eigenvalue weighted by atomic mass is 16.3. The maximum Gasteiger partial charge on any atom is 0.293 e. The number of nitrogens with zero attached hydrogens (tertiary/aromatic N) is 5. The summed E-state index contributed by atoms with van der Waals surface area (Å²) in [5.41, 5.74) is 1.75. The summed E-state index contributed by atoms with van der Waals surface area (Å²) < 4.78 is 1.60. The number of likely N-dealkylation sites (tertiary alicyclic amines) is 1. The fraction of sp³-hybridized carbons (Fsp3) is 0.600. The molecule has 0 spiro atoms. The molecule has 0 bridgehead atoms. The van der Waals surface area contributed by atoms with Crippen LogP contribution >= 0.6 is 0 Å². The van der Waals surface area contributed by atoms with Crippen LogP contribution in [0.5, 0.6) is 0 Å². The van der Waals surface area contributed by atoms with Crippen LogP contribution in [0.1, 0.15) is 48.2 Å². The maximum absolute atomic E-state index is 12.7. The van der Waals surface area contributed by atoms with Gasteiger partial charge in [-0.15, -0.1) is 5.10 Å². The first-order valence-electron chi connectivity index (χ1n) is 7.66. The number of carbonyl (C=O) groups excluding carboxylic acids is 1. The van der Waals surface area contributed by atoms with E-state index in [1.165, 1.54) is 0 Å². The lowest BCUT2D eigenvalue weighted by Crippen LogP contribution is -2.37. The van der Waals surface area contributed by atoms with Crippen molar-refractivity contribution < 1.29 is 9.90 Å². The number of carbonyl (C=O) groups is 1. The summed E-state index contributed by atoms with van der Waals surface area (Å²) >= 11 is 0. The predicted octanol–water partition coefficient (Wildman–Crippen LogP) is 1.12. The van der Waals surface area contributed by atoms with Gasteiger partial charge < -0.3 is 10.0 Å². The van der Waals surface area contributed by atoms with Gasteiger partial charge in [0.15, 0.2) is 0 Å². The number of aryl methyl sites for hydroxylation is 2. The zero-order chi connectivity index (χ0) is 15.9. The number of aromatic nitrogens is 4. The van der Waals surface area contributed by atoms with E-state index >= 15 is 0 Å². The van der Waals surface area contributed by atoms with Gasteiger partial charge in [0, 0.05) is 24.0 Å². The summed E-state index contributed by atoms with van der Waals surface area (Å²) in [5.74, 6) is 0.455. The van der Waals surface area contributed by atoms with E-state index in [9.17, 15) is 9.90 Å². The highest BCUT2D eigenvalue weighted by molar-refractivity contribution is 5.91. The molecule has 7 nitrogen and oxygen atoms in total. The Kier molecular flexibility index (Phi) is 3.82. The van der Waals surface area contributed by atoms with E-state index < -0.39 is 6.10 Å². The molecule has 3 rings (SSSR count). The molecule has 0 radical (unpaired) electrons. The van der Waals surface area contributed by atoms with Crippen molar-refractivity contribution >= 4 is 11.7 Å². The number of hydrogen-bond donors (Lipinski definition) is 1. The van der Waals surface area contributed by atoms with E-state index in [1.807, 2.05) is 19.9 Å². The fourth-order valence-electron chi connectivity index (χ4n) is 3.13. The summed E-state index contributed by atoms with van der Waals surface area (Å²) in [5, 5.41) is 13.9. The van der Waals surface area contributed by atoms with E-state index in [0.29, 0.717) is 18.7 Å². The number of aliphatic hydroxyl groups excluding tert-OH is 1. The van der Waals surface area contributed by atoms with Gasteiger partial charge in [-0.3, -0.25) is 4.79 Å². The van der Waals surface area contributed by atoms with Crippen LogP contribution in [0.2, 0.25) is 0 Å². The van der Waals surface area contributed by atoms with E-state index in [-0.39, 0.29) is 17.8 Å². The minimum atomic E-state index is -0.418. The summed E-state index contributed by atoms with van der Waals surface area (Å²) in [6.07, 6.45) is 2.04. The highest BCUT2D eigenvalue weighted by Gasteiger charge is 2.32. The second-order valence-electron chi connectivity index (χ2n) is 6.07. The Morgan fingerprint density at radius 1 is 1.45 bits per heavy atom. The third-order valence-electron chi connectivity index (χ3n) is 4.06. The normalized spacial score (nSPS) is 19.8. The van der Waals surface area contributed by atoms with Crippen LogP contribution in [0.15, 0.2) is 6.07 Å². The van der Waals surface area contributed by atoms with Crippen LogP contribution in [0, 0.1) is 13.8 Å². The zero-order valence-electron chi connectivity index (χ0n) is 13.2. The minimum absolute atomic E-state index is 0.0647. The Balaban J connectivity index is 1.90. The summed E-state index contributed by atoms with van der Waals surface area (Å²) in [7, 11) is 0. The molecule has 1 fully saturated rings. The topological polar surface area (TPSA) is 83.6 Å². The van der Waals surface area contributed by atoms with E-state index in [1.54, 1.807) is 16.3 Å². The average Bonchev–Trinajstić information content (AvgIpc) is 3.03. The first kappa shape index (κ1) is 14.9. The highest BCUT2D eigenvalue weighted by Crippen LogP contribution is 2.23. The van der Waals surface area contributed by atoms with Crippen molar-refractivity contribution in [3.63, 3.8) is 0 Å². The third-order valence-corrected chi connectivity index (χ3v) is 4.06. The van der Waals surface area contributed by atoms with Gasteiger partial charge in [-0.1, -0.05) is 0 Å². The van der Waals surface area contributed by atoms with Gasteiger partial charge in [0.25, 0.3) is 11.7 Å². The summed E-state index contributed by atoms with van der Waals surface area (Å²) in [6, 6.07) is 1.97. The third kappa shape index (κ3) is 2.68. The Bertz CT molecular complexity index is 709. The van der Waals surface area contributed by atoms with Gasteiger partial charge in [0.1, 0.15) is 0 Å². The largest absolute Gasteiger partial charge is 0.393 e. The number of hydrogen-bond acceptors (Lipinski definition) is 5. The zero-order valence-corrected chi connectivity index (χ0v) is 13.2. The van der Waals surface area contributed by atoms with Gasteiger partial charge in [0.05, 0.1) is 6.10 Å². The SMILES string of the molecule is Cc1cc(C)n2nc(C(=O)N3CCCC3CC(C)O)nc2n1. The molecule has 2 aromatic heterocycles. The van der Waals surface area contributed by atoms with Crippen LogP contribution in [0.25, 0.3) is 5.78 Å². The molecule has 1 amide bonds. The molecule has 0 saturated carbocycles. The molecule has 118 valence electrons. The van der Waals surface area contributed by atoms with Crippen LogP contribution < -0.4 is 0 Å². The molecule has 2 atom stereocenters. The maximum atomic E-state index is 12.7. The van der Waals surface area contributed by atoms with Crippen molar-refractivity contribution in [1.29, 1.82) is 0 Å². The fourth-order valence-corrected chi connectivity index (χ4v) is 3.13. The molecule has 1 saturated heterocycles.